The molecule has 0 radical (unpaired) electrons. The Bertz CT molecular complexity index is 579. The van der Waals surface area contributed by atoms with Crippen molar-refractivity contribution in [2.75, 3.05) is 11.1 Å². The zero-order valence-electron chi connectivity index (χ0n) is 15.0. The third-order valence-corrected chi connectivity index (χ3v) is 2.93. The summed E-state index contributed by atoms with van der Waals surface area (Å²) in [6, 6.07) is 15.0. The molecule has 0 aliphatic heterocycles. The molecule has 0 saturated carbocycles. The minimum absolute atomic E-state index is 0.174. The van der Waals surface area contributed by atoms with Crippen molar-refractivity contribution in [1.82, 2.24) is 0 Å². The van der Waals surface area contributed by atoms with Crippen LogP contribution in [-0.4, -0.2) is 5.91 Å². The number of aryl methyl sites for hydroxylation is 1. The van der Waals surface area contributed by atoms with Crippen LogP contribution in [0.3, 0.4) is 0 Å². The summed E-state index contributed by atoms with van der Waals surface area (Å²) in [5.41, 5.74) is 8.81. The third kappa shape index (κ3) is 7.00. The number of benzene rings is 2. The smallest absolute Gasteiger partial charge is 0.257 e. The van der Waals surface area contributed by atoms with Gasteiger partial charge in [0.25, 0.3) is 5.91 Å². The quantitative estimate of drug-likeness (QED) is 0.729. The highest BCUT2D eigenvalue weighted by Gasteiger charge is 2.09. The molecule has 3 nitrogen and oxygen atoms in total. The summed E-state index contributed by atoms with van der Waals surface area (Å²) in [5.74, 6) is -0.174. The third-order valence-electron chi connectivity index (χ3n) is 2.93. The lowest BCUT2D eigenvalue weighted by atomic mass is 10.1. The Morgan fingerprint density at radius 1 is 1.00 bits per heavy atom. The summed E-state index contributed by atoms with van der Waals surface area (Å²) >= 11 is 0. The average Bonchev–Trinajstić information content (AvgIpc) is 2.59. The number of hydrogen-bond acceptors (Lipinski definition) is 2. The van der Waals surface area contributed by atoms with Gasteiger partial charge in [0, 0.05) is 11.4 Å². The fraction of sp³-hybridized carbons (Fsp3) is 0.350. The maximum Gasteiger partial charge on any atom is 0.257 e. The fourth-order valence-electron chi connectivity index (χ4n) is 2.00. The van der Waals surface area contributed by atoms with Gasteiger partial charge in [-0.1, -0.05) is 65.3 Å². The van der Waals surface area contributed by atoms with E-state index in [1.54, 1.807) is 18.2 Å². The van der Waals surface area contributed by atoms with Crippen LogP contribution in [0.2, 0.25) is 0 Å². The number of carbonyl (C=O) groups is 1. The number of nitrogens with two attached hydrogens (primary N) is 1. The fourth-order valence-corrected chi connectivity index (χ4v) is 2.00. The van der Waals surface area contributed by atoms with Crippen LogP contribution in [-0.2, 0) is 6.42 Å². The molecule has 0 aliphatic rings. The summed E-state index contributed by atoms with van der Waals surface area (Å²) in [6.45, 7) is 10.1. The van der Waals surface area contributed by atoms with Gasteiger partial charge in [-0.15, -0.1) is 0 Å². The maximum absolute atomic E-state index is 12.1. The second-order valence-corrected chi connectivity index (χ2v) is 4.49. The molecule has 3 N–H and O–H groups in total. The molecule has 1 amide bonds. The van der Waals surface area contributed by atoms with Crippen molar-refractivity contribution >= 4 is 17.3 Å². The first kappa shape index (κ1) is 20.7. The van der Waals surface area contributed by atoms with Gasteiger partial charge in [-0.2, -0.15) is 0 Å². The van der Waals surface area contributed by atoms with Crippen molar-refractivity contribution in [2.45, 2.75) is 47.5 Å². The van der Waals surface area contributed by atoms with Crippen LogP contribution in [0, 0.1) is 0 Å². The van der Waals surface area contributed by atoms with Crippen molar-refractivity contribution in [2.24, 2.45) is 0 Å². The van der Waals surface area contributed by atoms with Crippen LogP contribution < -0.4 is 11.1 Å². The predicted octanol–water partition coefficient (Wildman–Crippen LogP) is 5.53. The van der Waals surface area contributed by atoms with Crippen molar-refractivity contribution in [3.05, 3.63) is 59.7 Å². The van der Waals surface area contributed by atoms with Crippen LogP contribution in [0.15, 0.2) is 48.5 Å². The summed E-state index contributed by atoms with van der Waals surface area (Å²) in [4.78, 5) is 12.1. The van der Waals surface area contributed by atoms with Gasteiger partial charge in [0.05, 0.1) is 5.56 Å². The van der Waals surface area contributed by atoms with Gasteiger partial charge in [-0.05, 0) is 36.2 Å². The van der Waals surface area contributed by atoms with E-state index in [9.17, 15) is 4.79 Å². The van der Waals surface area contributed by atoms with Crippen molar-refractivity contribution < 1.29 is 4.79 Å². The van der Waals surface area contributed by atoms with E-state index >= 15 is 0 Å². The molecule has 0 heterocycles. The van der Waals surface area contributed by atoms with Gasteiger partial charge >= 0.3 is 0 Å². The van der Waals surface area contributed by atoms with Crippen LogP contribution in [0.1, 0.15) is 57.0 Å². The average molecular weight is 314 g/mol. The Morgan fingerprint density at radius 2 is 1.65 bits per heavy atom. The molecule has 2 aromatic carbocycles. The number of para-hydroxylation sites is 1. The topological polar surface area (TPSA) is 55.1 Å². The Labute approximate surface area is 140 Å². The maximum atomic E-state index is 12.1. The highest BCUT2D eigenvalue weighted by molar-refractivity contribution is 6.07. The highest BCUT2D eigenvalue weighted by Crippen LogP contribution is 2.16. The second kappa shape index (κ2) is 12.3. The Balaban J connectivity index is 0.00000112. The minimum Gasteiger partial charge on any atom is -0.398 e. The molecule has 0 unspecified atom stereocenters. The molecular weight excluding hydrogens is 284 g/mol. The van der Waals surface area contributed by atoms with Gasteiger partial charge in [0.1, 0.15) is 0 Å². The van der Waals surface area contributed by atoms with Crippen molar-refractivity contribution in [3.63, 3.8) is 0 Å². The largest absolute Gasteiger partial charge is 0.398 e. The molecule has 126 valence electrons. The number of carbonyl (C=O) groups excluding carboxylic acids is 1. The molecule has 3 heteroatoms. The molecule has 0 saturated heterocycles. The van der Waals surface area contributed by atoms with Gasteiger partial charge < -0.3 is 11.1 Å². The van der Waals surface area contributed by atoms with E-state index in [0.717, 1.165) is 18.5 Å². The monoisotopic (exact) mass is 314 g/mol. The molecule has 2 rings (SSSR count). The van der Waals surface area contributed by atoms with Crippen LogP contribution in [0.5, 0.6) is 0 Å². The van der Waals surface area contributed by atoms with Gasteiger partial charge in [-0.3, -0.25) is 4.79 Å². The summed E-state index contributed by atoms with van der Waals surface area (Å²) in [7, 11) is 0. The number of amides is 1. The van der Waals surface area contributed by atoms with E-state index in [1.165, 1.54) is 5.56 Å². The molecular formula is C20H30N2O. The highest BCUT2D eigenvalue weighted by atomic mass is 16.1. The molecule has 0 spiro atoms. The van der Waals surface area contributed by atoms with Crippen LogP contribution >= 0.6 is 0 Å². The minimum atomic E-state index is -0.174. The van der Waals surface area contributed by atoms with E-state index in [-0.39, 0.29) is 5.91 Å². The SMILES string of the molecule is CC.CC.CCCc1cccc(NC(=O)c2ccccc2N)c1. The number of nitrogen functional groups attached to an aromatic ring is 1. The number of nitrogens with one attached hydrogen (secondary N) is 1. The first-order chi connectivity index (χ1) is 11.2. The van der Waals surface area contributed by atoms with Crippen molar-refractivity contribution in [3.8, 4) is 0 Å². The molecule has 0 atom stereocenters. The molecule has 0 fully saturated rings. The lowest BCUT2D eigenvalue weighted by molar-refractivity contribution is 0.102. The van der Waals surface area contributed by atoms with E-state index in [4.69, 9.17) is 5.73 Å². The van der Waals surface area contributed by atoms with E-state index in [2.05, 4.69) is 18.3 Å². The molecule has 2 aromatic rings. The predicted molar refractivity (Wildman–Crippen MR) is 102 cm³/mol. The lowest BCUT2D eigenvalue weighted by Crippen LogP contribution is -2.13. The molecule has 23 heavy (non-hydrogen) atoms. The van der Waals surface area contributed by atoms with E-state index in [1.807, 2.05) is 52.0 Å². The normalized spacial score (nSPS) is 8.91. The van der Waals surface area contributed by atoms with Crippen molar-refractivity contribution in [1.29, 1.82) is 0 Å². The summed E-state index contributed by atoms with van der Waals surface area (Å²) < 4.78 is 0. The zero-order valence-corrected chi connectivity index (χ0v) is 15.0. The van der Waals surface area contributed by atoms with Crippen LogP contribution in [0.25, 0.3) is 0 Å². The van der Waals surface area contributed by atoms with Crippen LogP contribution in [0.4, 0.5) is 11.4 Å². The number of rotatable bonds is 4. The second-order valence-electron chi connectivity index (χ2n) is 4.49. The first-order valence-corrected chi connectivity index (χ1v) is 8.45. The van der Waals surface area contributed by atoms with Gasteiger partial charge in [0.2, 0.25) is 0 Å². The number of hydrogen-bond donors (Lipinski definition) is 2. The van der Waals surface area contributed by atoms with Gasteiger partial charge in [0.15, 0.2) is 0 Å². The molecule has 0 aromatic heterocycles. The molecule has 0 aliphatic carbocycles. The summed E-state index contributed by atoms with van der Waals surface area (Å²) in [6.07, 6.45) is 2.10. The van der Waals surface area contributed by atoms with E-state index in [0.29, 0.717) is 11.3 Å². The summed E-state index contributed by atoms with van der Waals surface area (Å²) in [5, 5.41) is 2.88. The Kier molecular flexibility index (Phi) is 11.1. The Morgan fingerprint density at radius 3 is 2.26 bits per heavy atom. The van der Waals surface area contributed by atoms with Gasteiger partial charge in [-0.25, -0.2) is 0 Å². The number of anilines is 2. The van der Waals surface area contributed by atoms with E-state index < -0.39 is 0 Å². The lowest BCUT2D eigenvalue weighted by Gasteiger charge is -2.08. The zero-order chi connectivity index (χ0) is 17.7. The first-order valence-electron chi connectivity index (χ1n) is 8.45. The molecule has 0 bridgehead atoms. The Hall–Kier alpha value is -2.29. The standard InChI is InChI=1S/C16H18N2O.2C2H6/c1-2-6-12-7-5-8-13(11-12)18-16(19)14-9-3-4-10-15(14)17;2*1-2/h3-5,7-11H,2,6,17H2,1H3,(H,18,19);2*1-2H3.